The molecule has 0 unspecified atom stereocenters. The van der Waals surface area contributed by atoms with Gasteiger partial charge < -0.3 is 19.5 Å². The summed E-state index contributed by atoms with van der Waals surface area (Å²) >= 11 is 2.85. The number of hydrogen-bond donors (Lipinski definition) is 1. The van der Waals surface area contributed by atoms with E-state index >= 15 is 0 Å². The molecule has 0 saturated carbocycles. The molecule has 3 heterocycles. The summed E-state index contributed by atoms with van der Waals surface area (Å²) in [6.45, 7) is 6.31. The minimum Gasteiger partial charge on any atom is -0.459 e. The van der Waals surface area contributed by atoms with Crippen molar-refractivity contribution < 1.29 is 14.0 Å². The molecule has 0 aliphatic carbocycles. The Morgan fingerprint density at radius 2 is 1.73 bits per heavy atom. The van der Waals surface area contributed by atoms with Crippen LogP contribution in [0.1, 0.15) is 35.5 Å². The molecule has 3 aromatic rings. The number of carbonyl (C=O) groups is 2. The van der Waals surface area contributed by atoms with E-state index in [-0.39, 0.29) is 11.8 Å². The molecule has 1 saturated heterocycles. The van der Waals surface area contributed by atoms with Gasteiger partial charge in [-0.2, -0.15) is 0 Å². The Labute approximate surface area is 201 Å². The fourth-order valence-electron chi connectivity index (χ4n) is 3.76. The molecule has 1 fully saturated rings. The van der Waals surface area contributed by atoms with E-state index in [4.69, 9.17) is 4.42 Å². The molecule has 0 spiro atoms. The molecule has 1 aliphatic rings. The van der Waals surface area contributed by atoms with Crippen LogP contribution < -0.4 is 5.32 Å². The molecule has 2 aromatic heterocycles. The van der Waals surface area contributed by atoms with E-state index in [9.17, 15) is 9.59 Å². The summed E-state index contributed by atoms with van der Waals surface area (Å²) in [5.74, 6) is 0.538. The number of aryl methyl sites for hydroxylation is 2. The third kappa shape index (κ3) is 5.56. The fourth-order valence-corrected chi connectivity index (χ4v) is 5.42. The van der Waals surface area contributed by atoms with Crippen molar-refractivity contribution in [2.75, 3.05) is 37.2 Å². The smallest absolute Gasteiger partial charge is 0.289 e. The van der Waals surface area contributed by atoms with E-state index in [1.54, 1.807) is 21.9 Å². The lowest BCUT2D eigenvalue weighted by molar-refractivity contribution is -0.129. The Morgan fingerprint density at radius 3 is 2.36 bits per heavy atom. The summed E-state index contributed by atoms with van der Waals surface area (Å²) in [6.07, 6.45) is 3.36. The van der Waals surface area contributed by atoms with Gasteiger partial charge in [-0.3, -0.25) is 9.59 Å². The predicted octanol–water partition coefficient (Wildman–Crippen LogP) is 4.08. The van der Waals surface area contributed by atoms with Crippen LogP contribution in [0.5, 0.6) is 0 Å². The van der Waals surface area contributed by atoms with Crippen LogP contribution in [-0.4, -0.2) is 63.7 Å². The van der Waals surface area contributed by atoms with Gasteiger partial charge in [0, 0.05) is 31.9 Å². The maximum Gasteiger partial charge on any atom is 0.289 e. The van der Waals surface area contributed by atoms with Crippen LogP contribution in [0, 0.1) is 0 Å². The molecule has 2 amide bonds. The third-order valence-corrected chi connectivity index (χ3v) is 7.56. The topological polar surface area (TPSA) is 91.6 Å². The molecule has 0 bridgehead atoms. The van der Waals surface area contributed by atoms with Crippen LogP contribution in [0.25, 0.3) is 0 Å². The quantitative estimate of drug-likeness (QED) is 0.481. The van der Waals surface area contributed by atoms with Gasteiger partial charge in [0.2, 0.25) is 11.0 Å². The number of furan rings is 1. The van der Waals surface area contributed by atoms with E-state index in [0.29, 0.717) is 37.7 Å². The number of anilines is 2. The fraction of sp³-hybridized carbons (Fsp3) is 0.391. The highest BCUT2D eigenvalue weighted by molar-refractivity contribution is 8.01. The Morgan fingerprint density at radius 1 is 1.03 bits per heavy atom. The van der Waals surface area contributed by atoms with Crippen LogP contribution >= 0.6 is 23.1 Å². The number of aromatic nitrogens is 2. The molecule has 1 N–H and O–H groups in total. The zero-order valence-electron chi connectivity index (χ0n) is 18.7. The lowest BCUT2D eigenvalue weighted by atomic mass is 10.0. The number of rotatable bonds is 8. The SMILES string of the molecule is CCc1cccc(CC)c1Nc1nnc(SCC(=O)N2CCN(C(=O)c3ccco3)CC2)s1. The van der Waals surface area contributed by atoms with Crippen LogP contribution in [0.3, 0.4) is 0 Å². The van der Waals surface area contributed by atoms with Crippen molar-refractivity contribution in [1.82, 2.24) is 20.0 Å². The first kappa shape index (κ1) is 23.3. The first-order valence-electron chi connectivity index (χ1n) is 11.0. The Hall–Kier alpha value is -2.85. The van der Waals surface area contributed by atoms with Gasteiger partial charge in [0.1, 0.15) is 0 Å². The van der Waals surface area contributed by atoms with Crippen molar-refractivity contribution in [3.8, 4) is 0 Å². The number of benzene rings is 1. The molecule has 8 nitrogen and oxygen atoms in total. The van der Waals surface area contributed by atoms with E-state index in [0.717, 1.165) is 28.0 Å². The number of carbonyl (C=O) groups excluding carboxylic acids is 2. The molecule has 0 radical (unpaired) electrons. The summed E-state index contributed by atoms with van der Waals surface area (Å²) in [4.78, 5) is 28.5. The summed E-state index contributed by atoms with van der Waals surface area (Å²) < 4.78 is 5.94. The van der Waals surface area contributed by atoms with Crippen molar-refractivity contribution in [1.29, 1.82) is 0 Å². The number of amides is 2. The standard InChI is InChI=1S/C23H27N5O3S2/c1-3-16-7-5-8-17(4-2)20(16)24-22-25-26-23(33-22)32-15-19(29)27-10-12-28(13-11-27)21(30)18-9-6-14-31-18/h5-9,14H,3-4,10-13,15H2,1-2H3,(H,24,25). The third-order valence-electron chi connectivity index (χ3n) is 5.61. The first-order valence-corrected chi connectivity index (χ1v) is 12.8. The molecule has 1 aromatic carbocycles. The highest BCUT2D eigenvalue weighted by atomic mass is 32.2. The van der Waals surface area contributed by atoms with Crippen molar-refractivity contribution in [2.45, 2.75) is 31.0 Å². The summed E-state index contributed by atoms with van der Waals surface area (Å²) in [5.41, 5.74) is 3.60. The molecule has 33 heavy (non-hydrogen) atoms. The Bertz CT molecular complexity index is 1070. The monoisotopic (exact) mass is 485 g/mol. The molecule has 4 rings (SSSR count). The number of piperazine rings is 1. The lowest BCUT2D eigenvalue weighted by Crippen LogP contribution is -2.51. The second kappa shape index (κ2) is 10.8. The number of thioether (sulfide) groups is 1. The molecular formula is C23H27N5O3S2. The average Bonchev–Trinajstić information content (AvgIpc) is 3.55. The van der Waals surface area contributed by atoms with Crippen LogP contribution in [-0.2, 0) is 17.6 Å². The van der Waals surface area contributed by atoms with Gasteiger partial charge >= 0.3 is 0 Å². The molecular weight excluding hydrogens is 458 g/mol. The largest absolute Gasteiger partial charge is 0.459 e. The van der Waals surface area contributed by atoms with Crippen molar-refractivity contribution in [2.24, 2.45) is 0 Å². The molecule has 1 aliphatic heterocycles. The summed E-state index contributed by atoms with van der Waals surface area (Å²) in [6, 6.07) is 9.69. The van der Waals surface area contributed by atoms with Crippen LogP contribution in [0.2, 0.25) is 0 Å². The zero-order chi connectivity index (χ0) is 23.2. The van der Waals surface area contributed by atoms with Gasteiger partial charge in [-0.1, -0.05) is 55.1 Å². The van der Waals surface area contributed by atoms with Gasteiger partial charge in [0.05, 0.1) is 12.0 Å². The number of nitrogens with zero attached hydrogens (tertiary/aromatic N) is 4. The highest BCUT2D eigenvalue weighted by Crippen LogP contribution is 2.31. The predicted molar refractivity (Wildman–Crippen MR) is 130 cm³/mol. The van der Waals surface area contributed by atoms with Gasteiger partial charge in [-0.05, 0) is 36.1 Å². The Balaban J connectivity index is 1.28. The first-order chi connectivity index (χ1) is 16.1. The summed E-state index contributed by atoms with van der Waals surface area (Å²) in [7, 11) is 0. The zero-order valence-corrected chi connectivity index (χ0v) is 20.4. The van der Waals surface area contributed by atoms with Crippen molar-refractivity contribution in [3.63, 3.8) is 0 Å². The Kier molecular flexibility index (Phi) is 7.66. The number of para-hydroxylation sites is 1. The average molecular weight is 486 g/mol. The maximum atomic E-state index is 12.7. The number of hydrogen-bond acceptors (Lipinski definition) is 8. The van der Waals surface area contributed by atoms with Gasteiger partial charge in [-0.25, -0.2) is 0 Å². The second-order valence-electron chi connectivity index (χ2n) is 7.60. The molecule has 10 heteroatoms. The normalized spacial score (nSPS) is 13.9. The van der Waals surface area contributed by atoms with E-state index < -0.39 is 0 Å². The minimum atomic E-state index is -0.133. The van der Waals surface area contributed by atoms with E-state index in [1.165, 1.54) is 40.5 Å². The minimum absolute atomic E-state index is 0.0411. The van der Waals surface area contributed by atoms with Gasteiger partial charge in [-0.15, -0.1) is 10.2 Å². The highest BCUT2D eigenvalue weighted by Gasteiger charge is 2.26. The molecule has 174 valence electrons. The van der Waals surface area contributed by atoms with Crippen LogP contribution in [0.15, 0.2) is 45.4 Å². The van der Waals surface area contributed by atoms with Crippen molar-refractivity contribution >= 4 is 45.7 Å². The van der Waals surface area contributed by atoms with Crippen LogP contribution in [0.4, 0.5) is 10.8 Å². The van der Waals surface area contributed by atoms with Gasteiger partial charge in [0.15, 0.2) is 10.1 Å². The maximum absolute atomic E-state index is 12.7. The van der Waals surface area contributed by atoms with Gasteiger partial charge in [0.25, 0.3) is 5.91 Å². The lowest BCUT2D eigenvalue weighted by Gasteiger charge is -2.34. The number of nitrogens with one attached hydrogen (secondary N) is 1. The van der Waals surface area contributed by atoms with Crippen molar-refractivity contribution in [3.05, 3.63) is 53.5 Å². The molecule has 0 atom stereocenters. The second-order valence-corrected chi connectivity index (χ2v) is 9.80. The van der Waals surface area contributed by atoms with E-state index in [2.05, 4.69) is 47.6 Å². The van der Waals surface area contributed by atoms with E-state index in [1.807, 2.05) is 0 Å². The summed E-state index contributed by atoms with van der Waals surface area (Å²) in [5, 5.41) is 12.7.